The van der Waals surface area contributed by atoms with Crippen LogP contribution in [0.5, 0.6) is 0 Å². The van der Waals surface area contributed by atoms with Crippen molar-refractivity contribution in [2.75, 3.05) is 13.1 Å². The van der Waals surface area contributed by atoms with E-state index < -0.39 is 0 Å². The second-order valence-corrected chi connectivity index (χ2v) is 5.82. The van der Waals surface area contributed by atoms with Crippen LogP contribution in [-0.4, -0.2) is 28.0 Å². The molecule has 0 aliphatic rings. The zero-order chi connectivity index (χ0) is 15.9. The third-order valence-electron chi connectivity index (χ3n) is 3.99. The minimum Gasteiger partial charge on any atom is -0.330 e. The molecule has 0 aromatic carbocycles. The quantitative estimate of drug-likeness (QED) is 0.853. The number of hydrogen-bond donors (Lipinski definition) is 1. The van der Waals surface area contributed by atoms with E-state index in [1.807, 2.05) is 24.5 Å². The van der Waals surface area contributed by atoms with Crippen molar-refractivity contribution in [1.82, 2.24) is 14.9 Å². The number of rotatable bonds is 7. The first-order valence-corrected chi connectivity index (χ1v) is 7.89. The molecular weight excluding hydrogens is 272 g/mol. The van der Waals surface area contributed by atoms with Crippen LogP contribution in [0.25, 0.3) is 0 Å². The van der Waals surface area contributed by atoms with Gasteiger partial charge in [0.05, 0.1) is 11.4 Å². The number of aromatic nitrogens is 2. The highest BCUT2D eigenvalue weighted by Crippen LogP contribution is 2.21. The van der Waals surface area contributed by atoms with E-state index >= 15 is 0 Å². The van der Waals surface area contributed by atoms with Crippen LogP contribution in [0.3, 0.4) is 0 Å². The third kappa shape index (κ3) is 4.36. The Morgan fingerprint density at radius 1 is 1.23 bits per heavy atom. The zero-order valence-electron chi connectivity index (χ0n) is 13.8. The van der Waals surface area contributed by atoms with E-state index in [1.54, 1.807) is 0 Å². The van der Waals surface area contributed by atoms with Gasteiger partial charge in [0.1, 0.15) is 0 Å². The van der Waals surface area contributed by atoms with Gasteiger partial charge in [-0.1, -0.05) is 12.1 Å². The Balaban J connectivity index is 2.18. The van der Waals surface area contributed by atoms with E-state index in [0.717, 1.165) is 30.9 Å². The van der Waals surface area contributed by atoms with Crippen LogP contribution in [0, 0.1) is 13.8 Å². The van der Waals surface area contributed by atoms with Crippen molar-refractivity contribution in [3.05, 3.63) is 59.2 Å². The average Bonchev–Trinajstić information content (AvgIpc) is 2.53. The van der Waals surface area contributed by atoms with Crippen molar-refractivity contribution >= 4 is 0 Å². The fourth-order valence-electron chi connectivity index (χ4n) is 2.62. The maximum atomic E-state index is 5.70. The van der Waals surface area contributed by atoms with Crippen molar-refractivity contribution in [2.45, 2.75) is 39.8 Å². The van der Waals surface area contributed by atoms with Gasteiger partial charge in [-0.05, 0) is 57.0 Å². The number of hydrogen-bond acceptors (Lipinski definition) is 4. The summed E-state index contributed by atoms with van der Waals surface area (Å²) < 4.78 is 0. The molecule has 2 aromatic rings. The van der Waals surface area contributed by atoms with Gasteiger partial charge >= 0.3 is 0 Å². The van der Waals surface area contributed by atoms with Crippen LogP contribution < -0.4 is 5.73 Å². The first-order valence-electron chi connectivity index (χ1n) is 7.89. The molecule has 0 fully saturated rings. The minimum atomic E-state index is 0.246. The molecule has 0 amide bonds. The molecule has 0 bridgehead atoms. The normalized spacial score (nSPS) is 12.6. The van der Waals surface area contributed by atoms with Crippen LogP contribution in [0.1, 0.15) is 41.9 Å². The van der Waals surface area contributed by atoms with Gasteiger partial charge in [0.25, 0.3) is 0 Å². The highest BCUT2D eigenvalue weighted by Gasteiger charge is 2.18. The Kier molecular flexibility index (Phi) is 6.04. The summed E-state index contributed by atoms with van der Waals surface area (Å²) in [6.45, 7) is 8.87. The lowest BCUT2D eigenvalue weighted by Gasteiger charge is -2.29. The molecule has 0 spiro atoms. The van der Waals surface area contributed by atoms with Crippen molar-refractivity contribution in [1.29, 1.82) is 0 Å². The summed E-state index contributed by atoms with van der Waals surface area (Å²) in [4.78, 5) is 11.5. The molecule has 0 radical (unpaired) electrons. The molecule has 1 atom stereocenters. The monoisotopic (exact) mass is 298 g/mol. The van der Waals surface area contributed by atoms with Crippen LogP contribution >= 0.6 is 0 Å². The molecule has 2 rings (SSSR count). The Labute approximate surface area is 133 Å². The summed E-state index contributed by atoms with van der Waals surface area (Å²) in [5.74, 6) is 0. The van der Waals surface area contributed by atoms with Crippen LogP contribution in [0.15, 0.2) is 36.7 Å². The summed E-state index contributed by atoms with van der Waals surface area (Å²) >= 11 is 0. The lowest BCUT2D eigenvalue weighted by molar-refractivity contribution is 0.194. The molecule has 1 unspecified atom stereocenters. The molecule has 4 nitrogen and oxygen atoms in total. The topological polar surface area (TPSA) is 55.0 Å². The number of nitrogens with two attached hydrogens (primary N) is 1. The minimum absolute atomic E-state index is 0.246. The van der Waals surface area contributed by atoms with E-state index in [9.17, 15) is 0 Å². The maximum Gasteiger partial charge on any atom is 0.0573 e. The highest BCUT2D eigenvalue weighted by atomic mass is 15.2. The Morgan fingerprint density at radius 3 is 2.68 bits per heavy atom. The molecule has 2 aromatic heterocycles. The molecular formula is C18H26N4. The lowest BCUT2D eigenvalue weighted by atomic mass is 10.1. The molecule has 118 valence electrons. The van der Waals surface area contributed by atoms with Gasteiger partial charge in [-0.15, -0.1) is 0 Å². The van der Waals surface area contributed by atoms with Gasteiger partial charge in [-0.3, -0.25) is 14.9 Å². The molecule has 2 N–H and O–H groups in total. The van der Waals surface area contributed by atoms with Crippen LogP contribution in [0.4, 0.5) is 0 Å². The van der Waals surface area contributed by atoms with Crippen molar-refractivity contribution in [3.8, 4) is 0 Å². The Hall–Kier alpha value is -1.78. The predicted molar refractivity (Wildman–Crippen MR) is 90.4 cm³/mol. The molecule has 0 aliphatic heterocycles. The Morgan fingerprint density at radius 2 is 2.05 bits per heavy atom. The molecule has 0 saturated carbocycles. The van der Waals surface area contributed by atoms with Gasteiger partial charge in [0.2, 0.25) is 0 Å². The molecule has 0 saturated heterocycles. The molecule has 0 aliphatic carbocycles. The molecule has 22 heavy (non-hydrogen) atoms. The van der Waals surface area contributed by atoms with E-state index in [2.05, 4.69) is 47.8 Å². The molecule has 4 heteroatoms. The summed E-state index contributed by atoms with van der Waals surface area (Å²) in [5, 5.41) is 0. The predicted octanol–water partition coefficient (Wildman–Crippen LogP) is 3.01. The molecule has 2 heterocycles. The van der Waals surface area contributed by atoms with Gasteiger partial charge in [-0.25, -0.2) is 0 Å². The van der Waals surface area contributed by atoms with Crippen LogP contribution in [-0.2, 0) is 6.54 Å². The van der Waals surface area contributed by atoms with E-state index in [1.165, 1.54) is 11.1 Å². The smallest absolute Gasteiger partial charge is 0.0573 e. The fraction of sp³-hybridized carbons (Fsp3) is 0.444. The van der Waals surface area contributed by atoms with Gasteiger partial charge < -0.3 is 5.73 Å². The summed E-state index contributed by atoms with van der Waals surface area (Å²) in [6.07, 6.45) is 4.76. The van der Waals surface area contributed by atoms with E-state index in [-0.39, 0.29) is 6.04 Å². The summed E-state index contributed by atoms with van der Waals surface area (Å²) in [6, 6.07) is 8.50. The number of aryl methyl sites for hydroxylation is 2. The average molecular weight is 298 g/mol. The van der Waals surface area contributed by atoms with E-state index in [4.69, 9.17) is 5.73 Å². The SMILES string of the molecule is Cc1cnc(CN(CCCN)C(C)c2ccccn2)c(C)c1. The largest absolute Gasteiger partial charge is 0.330 e. The number of nitrogens with zero attached hydrogens (tertiary/aromatic N) is 3. The second-order valence-electron chi connectivity index (χ2n) is 5.82. The number of pyridine rings is 2. The maximum absolute atomic E-state index is 5.70. The van der Waals surface area contributed by atoms with Gasteiger partial charge in [-0.2, -0.15) is 0 Å². The summed E-state index contributed by atoms with van der Waals surface area (Å²) in [5.41, 5.74) is 10.4. The third-order valence-corrected chi connectivity index (χ3v) is 3.99. The van der Waals surface area contributed by atoms with Gasteiger partial charge in [0, 0.05) is 31.5 Å². The fourth-order valence-corrected chi connectivity index (χ4v) is 2.62. The first-order chi connectivity index (χ1) is 10.6. The standard InChI is InChI=1S/C18H26N4/c1-14-11-15(2)18(21-12-14)13-22(10-6-8-19)16(3)17-7-4-5-9-20-17/h4-5,7,9,11-12,16H,6,8,10,13,19H2,1-3H3. The summed E-state index contributed by atoms with van der Waals surface area (Å²) in [7, 11) is 0. The van der Waals surface area contributed by atoms with Crippen LogP contribution in [0.2, 0.25) is 0 Å². The van der Waals surface area contributed by atoms with Crippen molar-refractivity contribution in [3.63, 3.8) is 0 Å². The highest BCUT2D eigenvalue weighted by molar-refractivity contribution is 5.23. The van der Waals surface area contributed by atoms with Crippen molar-refractivity contribution in [2.24, 2.45) is 5.73 Å². The Bertz CT molecular complexity index is 583. The lowest BCUT2D eigenvalue weighted by Crippen LogP contribution is -2.30. The van der Waals surface area contributed by atoms with Gasteiger partial charge in [0.15, 0.2) is 0 Å². The van der Waals surface area contributed by atoms with Crippen molar-refractivity contribution < 1.29 is 0 Å². The first kappa shape index (κ1) is 16.6. The van der Waals surface area contributed by atoms with E-state index in [0.29, 0.717) is 6.54 Å². The zero-order valence-corrected chi connectivity index (χ0v) is 13.8. The second kappa shape index (κ2) is 8.01.